The number of rotatable bonds is 6. The molecule has 2 N–H and O–H groups in total. The maximum atomic E-state index is 11.2. The lowest BCUT2D eigenvalue weighted by atomic mass is 10.1. The number of benzene rings is 2. The van der Waals surface area contributed by atoms with Crippen molar-refractivity contribution < 1.29 is 4.79 Å². The van der Waals surface area contributed by atoms with E-state index in [1.807, 2.05) is 0 Å². The zero-order valence-electron chi connectivity index (χ0n) is 15.8. The molecular formula is C22H26ClN3OS. The van der Waals surface area contributed by atoms with Crippen LogP contribution in [-0.2, 0) is 17.6 Å². The molecule has 28 heavy (non-hydrogen) atoms. The molecule has 1 aliphatic rings. The second kappa shape index (κ2) is 9.41. The van der Waals surface area contributed by atoms with E-state index in [1.54, 1.807) is 11.3 Å². The molecular weight excluding hydrogens is 390 g/mol. The van der Waals surface area contributed by atoms with Crippen LogP contribution in [0.15, 0.2) is 54.6 Å². The van der Waals surface area contributed by atoms with E-state index in [0.29, 0.717) is 6.42 Å². The van der Waals surface area contributed by atoms with Crippen LogP contribution < -0.4 is 10.6 Å². The topological polar surface area (TPSA) is 49.6 Å². The smallest absolute Gasteiger partial charge is 0.222 e. The molecule has 6 heteroatoms. The highest BCUT2D eigenvalue weighted by Gasteiger charge is 2.19. The number of halogens is 1. The third-order valence-electron chi connectivity index (χ3n) is 5.21. The van der Waals surface area contributed by atoms with Crippen LogP contribution >= 0.6 is 23.7 Å². The minimum Gasteiger partial charge on any atom is -0.369 e. The van der Waals surface area contributed by atoms with Crippen LogP contribution in [0.1, 0.15) is 10.4 Å². The first kappa shape index (κ1) is 20.6. The molecule has 0 saturated carbocycles. The molecule has 3 aromatic rings. The van der Waals surface area contributed by atoms with Crippen LogP contribution in [0.3, 0.4) is 0 Å². The minimum absolute atomic E-state index is 0. The maximum absolute atomic E-state index is 11.2. The molecule has 148 valence electrons. The third kappa shape index (κ3) is 4.85. The average Bonchev–Trinajstić information content (AvgIpc) is 3.09. The lowest BCUT2D eigenvalue weighted by Gasteiger charge is -2.36. The number of nitrogens with two attached hydrogens (primary N) is 1. The summed E-state index contributed by atoms with van der Waals surface area (Å²) in [7, 11) is 0. The van der Waals surface area contributed by atoms with Gasteiger partial charge in [-0.05, 0) is 30.2 Å². The summed E-state index contributed by atoms with van der Waals surface area (Å²) in [6.45, 7) is 5.36. The van der Waals surface area contributed by atoms with Gasteiger partial charge in [-0.15, -0.1) is 23.7 Å². The van der Waals surface area contributed by atoms with Crippen molar-refractivity contribution in [1.29, 1.82) is 0 Å². The van der Waals surface area contributed by atoms with Crippen molar-refractivity contribution in [2.45, 2.75) is 12.8 Å². The number of hydrogen-bond acceptors (Lipinski definition) is 4. The Balaban J connectivity index is 0.00000225. The van der Waals surface area contributed by atoms with Gasteiger partial charge in [0.2, 0.25) is 5.91 Å². The summed E-state index contributed by atoms with van der Waals surface area (Å²) in [5, 5.41) is 1.25. The first-order chi connectivity index (χ1) is 13.2. The van der Waals surface area contributed by atoms with Crippen molar-refractivity contribution in [2.75, 3.05) is 37.6 Å². The highest BCUT2D eigenvalue weighted by Crippen LogP contribution is 2.34. The Morgan fingerprint density at radius 3 is 2.46 bits per heavy atom. The Hall–Kier alpha value is -2.08. The number of thiophene rings is 1. The molecule has 0 spiro atoms. The van der Waals surface area contributed by atoms with Crippen LogP contribution in [-0.4, -0.2) is 43.5 Å². The first-order valence-corrected chi connectivity index (χ1v) is 10.3. The summed E-state index contributed by atoms with van der Waals surface area (Å²) in [4.78, 5) is 17.3. The van der Waals surface area contributed by atoms with Crippen LogP contribution in [0, 0.1) is 0 Å². The Kier molecular flexibility index (Phi) is 6.94. The number of amides is 1. The van der Waals surface area contributed by atoms with Crippen molar-refractivity contribution in [3.63, 3.8) is 0 Å². The highest BCUT2D eigenvalue weighted by molar-refractivity contribution is 7.19. The highest BCUT2D eigenvalue weighted by atomic mass is 35.5. The first-order valence-electron chi connectivity index (χ1n) is 9.50. The Bertz CT molecular complexity index is 920. The summed E-state index contributed by atoms with van der Waals surface area (Å²) in [5.41, 5.74) is 8.05. The van der Waals surface area contributed by atoms with Gasteiger partial charge in [0.15, 0.2) is 0 Å². The molecule has 0 atom stereocenters. The van der Waals surface area contributed by atoms with Gasteiger partial charge >= 0.3 is 0 Å². The molecule has 4 nitrogen and oxygen atoms in total. The number of primary amides is 1. The molecule has 2 aromatic carbocycles. The lowest BCUT2D eigenvalue weighted by molar-refractivity contribution is -0.117. The summed E-state index contributed by atoms with van der Waals surface area (Å²) in [6.07, 6.45) is 1.43. The van der Waals surface area contributed by atoms with E-state index in [1.165, 1.54) is 21.3 Å². The van der Waals surface area contributed by atoms with E-state index in [9.17, 15) is 4.79 Å². The molecule has 1 amide bonds. The SMILES string of the molecule is Cl.NC(=O)Cc1cc2c(N3CCN(CCc4ccccc4)CC3)cccc2s1. The molecule has 1 aliphatic heterocycles. The normalized spacial score (nSPS) is 14.8. The van der Waals surface area contributed by atoms with Gasteiger partial charge in [0, 0.05) is 53.4 Å². The fourth-order valence-electron chi connectivity index (χ4n) is 3.78. The maximum Gasteiger partial charge on any atom is 0.222 e. The number of anilines is 1. The van der Waals surface area contributed by atoms with Crippen LogP contribution in [0.4, 0.5) is 5.69 Å². The Morgan fingerprint density at radius 1 is 1.00 bits per heavy atom. The van der Waals surface area contributed by atoms with Gasteiger partial charge in [-0.25, -0.2) is 0 Å². The van der Waals surface area contributed by atoms with Gasteiger partial charge in [-0.3, -0.25) is 9.69 Å². The Labute approximate surface area is 176 Å². The molecule has 0 unspecified atom stereocenters. The third-order valence-corrected chi connectivity index (χ3v) is 6.31. The van der Waals surface area contributed by atoms with Gasteiger partial charge in [-0.2, -0.15) is 0 Å². The monoisotopic (exact) mass is 415 g/mol. The summed E-state index contributed by atoms with van der Waals surface area (Å²) in [6, 6.07) is 19.3. The molecule has 0 radical (unpaired) electrons. The lowest BCUT2D eigenvalue weighted by Crippen LogP contribution is -2.47. The van der Waals surface area contributed by atoms with E-state index in [-0.39, 0.29) is 18.3 Å². The summed E-state index contributed by atoms with van der Waals surface area (Å²) < 4.78 is 1.23. The molecule has 1 aromatic heterocycles. The van der Waals surface area contributed by atoms with Crippen molar-refractivity contribution in [2.24, 2.45) is 5.73 Å². The fraction of sp³-hybridized carbons (Fsp3) is 0.318. The second-order valence-corrected chi connectivity index (χ2v) is 8.28. The quantitative estimate of drug-likeness (QED) is 0.667. The van der Waals surface area contributed by atoms with Crippen LogP contribution in [0.5, 0.6) is 0 Å². The largest absolute Gasteiger partial charge is 0.369 e. The van der Waals surface area contributed by atoms with Crippen LogP contribution in [0.25, 0.3) is 10.1 Å². The predicted molar refractivity (Wildman–Crippen MR) is 121 cm³/mol. The molecule has 1 saturated heterocycles. The number of piperazine rings is 1. The van der Waals surface area contributed by atoms with E-state index < -0.39 is 0 Å². The number of carbonyl (C=O) groups excluding carboxylic acids is 1. The molecule has 1 fully saturated rings. The van der Waals surface area contributed by atoms with Crippen molar-refractivity contribution in [3.8, 4) is 0 Å². The van der Waals surface area contributed by atoms with Crippen molar-refractivity contribution >= 4 is 45.4 Å². The Morgan fingerprint density at radius 2 is 1.75 bits per heavy atom. The summed E-state index contributed by atoms with van der Waals surface area (Å²) >= 11 is 1.67. The van der Waals surface area contributed by atoms with E-state index >= 15 is 0 Å². The number of nitrogens with zero attached hydrogens (tertiary/aromatic N) is 2. The van der Waals surface area contributed by atoms with E-state index in [0.717, 1.165) is 44.0 Å². The second-order valence-electron chi connectivity index (χ2n) is 7.11. The number of hydrogen-bond donors (Lipinski definition) is 1. The van der Waals surface area contributed by atoms with Crippen LogP contribution in [0.2, 0.25) is 0 Å². The van der Waals surface area contributed by atoms with Gasteiger partial charge in [0.1, 0.15) is 0 Å². The zero-order valence-corrected chi connectivity index (χ0v) is 17.5. The van der Waals surface area contributed by atoms with Crippen molar-refractivity contribution in [1.82, 2.24) is 4.90 Å². The minimum atomic E-state index is -0.268. The molecule has 4 rings (SSSR count). The fourth-order valence-corrected chi connectivity index (χ4v) is 4.87. The van der Waals surface area contributed by atoms with Gasteiger partial charge in [0.25, 0.3) is 0 Å². The molecule has 0 bridgehead atoms. The summed E-state index contributed by atoms with van der Waals surface area (Å²) in [5.74, 6) is -0.268. The van der Waals surface area contributed by atoms with Gasteiger partial charge in [0.05, 0.1) is 6.42 Å². The number of fused-ring (bicyclic) bond motifs is 1. The zero-order chi connectivity index (χ0) is 18.6. The van der Waals surface area contributed by atoms with E-state index in [4.69, 9.17) is 5.73 Å². The van der Waals surface area contributed by atoms with Gasteiger partial charge in [-0.1, -0.05) is 36.4 Å². The van der Waals surface area contributed by atoms with E-state index in [2.05, 4.69) is 64.4 Å². The van der Waals surface area contributed by atoms with Gasteiger partial charge < -0.3 is 10.6 Å². The molecule has 2 heterocycles. The average molecular weight is 416 g/mol. The molecule has 0 aliphatic carbocycles. The predicted octanol–water partition coefficient (Wildman–Crippen LogP) is 3.72. The van der Waals surface area contributed by atoms with Crippen molar-refractivity contribution in [3.05, 3.63) is 65.0 Å². The number of carbonyl (C=O) groups is 1. The standard InChI is InChI=1S/C22H25N3OS.ClH/c23-22(26)16-18-15-19-20(7-4-8-21(19)27-18)25-13-11-24(12-14-25)10-9-17-5-2-1-3-6-17;/h1-8,15H,9-14,16H2,(H2,23,26);1H.